The number of hydrogen-bond acceptors (Lipinski definition) is 2. The van der Waals surface area contributed by atoms with Gasteiger partial charge in [-0.15, -0.1) is 5.70 Å². The Bertz CT molecular complexity index is 2630. The van der Waals surface area contributed by atoms with Gasteiger partial charge in [0.05, 0.1) is 22.1 Å². The predicted octanol–water partition coefficient (Wildman–Crippen LogP) is 10.3. The first kappa shape index (κ1) is 28.7. The average Bonchev–Trinajstić information content (AvgIpc) is 3.72. The lowest BCUT2D eigenvalue weighted by molar-refractivity contribution is 0.459. The lowest BCUT2D eigenvalue weighted by atomic mass is 9.98. The zero-order chi connectivity index (χ0) is 33.0. The minimum atomic E-state index is -0.204. The maximum atomic E-state index is 5.32. The van der Waals surface area contributed by atoms with Crippen LogP contribution in [0.25, 0.3) is 66.1 Å². The van der Waals surface area contributed by atoms with Gasteiger partial charge in [-0.05, 0) is 47.6 Å². The van der Waals surface area contributed by atoms with Crippen LogP contribution >= 0.6 is 0 Å². The third kappa shape index (κ3) is 4.59. The molecule has 240 valence electrons. The Balaban J connectivity index is 1.14. The summed E-state index contributed by atoms with van der Waals surface area (Å²) in [6.07, 6.45) is 8.65. The van der Waals surface area contributed by atoms with Crippen LogP contribution in [0, 0.1) is 0 Å². The molecule has 2 aliphatic rings. The molecule has 4 heterocycles. The highest BCUT2D eigenvalue weighted by Crippen LogP contribution is 2.42. The van der Waals surface area contributed by atoms with Crippen molar-refractivity contribution in [2.75, 3.05) is 0 Å². The minimum Gasteiger partial charge on any atom is -0.668 e. The second-order valence-electron chi connectivity index (χ2n) is 13.1. The Hall–Kier alpha value is -6.30. The van der Waals surface area contributed by atoms with Crippen molar-refractivity contribution < 1.29 is 0 Å². The molecule has 0 saturated carbocycles. The van der Waals surface area contributed by atoms with Gasteiger partial charge in [0.1, 0.15) is 5.82 Å². The normalized spacial score (nSPS) is 19.0. The second-order valence-corrected chi connectivity index (χ2v) is 13.1. The van der Waals surface area contributed by atoms with Gasteiger partial charge in [0.25, 0.3) is 0 Å². The summed E-state index contributed by atoms with van der Waals surface area (Å²) < 4.78 is 4.85. The number of nitrogens with one attached hydrogen (secondary N) is 2. The fourth-order valence-electron chi connectivity index (χ4n) is 7.89. The molecule has 2 N–H and O–H groups in total. The highest BCUT2D eigenvalue weighted by molar-refractivity contribution is 6.24. The molecule has 0 amide bonds. The Morgan fingerprint density at radius 2 is 1.12 bits per heavy atom. The van der Waals surface area contributed by atoms with E-state index in [-0.39, 0.29) is 18.2 Å². The number of nitrogens with zero attached hydrogens (tertiary/aromatic N) is 3. The van der Waals surface area contributed by atoms with Gasteiger partial charge in [-0.1, -0.05) is 146 Å². The summed E-state index contributed by atoms with van der Waals surface area (Å²) in [6.45, 7) is 0. The molecule has 2 aromatic heterocycles. The molecule has 0 radical (unpaired) electrons. The first-order valence-electron chi connectivity index (χ1n) is 17.3. The maximum Gasteiger partial charge on any atom is 0.111 e. The molecular formula is C45H34N5-. The first-order chi connectivity index (χ1) is 24.8. The summed E-state index contributed by atoms with van der Waals surface area (Å²) in [5.41, 5.74) is 9.20. The summed E-state index contributed by atoms with van der Waals surface area (Å²) in [6, 6.07) is 53.9. The van der Waals surface area contributed by atoms with Crippen LogP contribution in [0.5, 0.6) is 0 Å². The molecule has 0 fully saturated rings. The molecule has 2 aliphatic heterocycles. The van der Waals surface area contributed by atoms with Crippen LogP contribution in [0.4, 0.5) is 0 Å². The van der Waals surface area contributed by atoms with Crippen molar-refractivity contribution >= 4 is 55.1 Å². The van der Waals surface area contributed by atoms with Gasteiger partial charge in [-0.25, -0.2) is 0 Å². The molecule has 6 aromatic carbocycles. The maximum absolute atomic E-state index is 5.32. The zero-order valence-electron chi connectivity index (χ0n) is 27.3. The van der Waals surface area contributed by atoms with E-state index < -0.39 is 0 Å². The van der Waals surface area contributed by atoms with Gasteiger partial charge in [0, 0.05) is 39.3 Å². The van der Waals surface area contributed by atoms with E-state index in [0.29, 0.717) is 0 Å². The van der Waals surface area contributed by atoms with E-state index in [1.54, 1.807) is 0 Å². The molecule has 50 heavy (non-hydrogen) atoms. The van der Waals surface area contributed by atoms with Crippen LogP contribution in [-0.4, -0.2) is 21.3 Å². The number of allylic oxidation sites excluding steroid dienone is 2. The van der Waals surface area contributed by atoms with E-state index in [1.807, 2.05) is 0 Å². The first-order valence-corrected chi connectivity index (χ1v) is 17.3. The molecule has 3 unspecified atom stereocenters. The topological polar surface area (TPSA) is 48.0 Å². The van der Waals surface area contributed by atoms with Crippen molar-refractivity contribution in [3.63, 3.8) is 0 Å². The van der Waals surface area contributed by atoms with Crippen molar-refractivity contribution in [2.24, 2.45) is 0 Å². The van der Waals surface area contributed by atoms with Gasteiger partial charge in [0.15, 0.2) is 0 Å². The van der Waals surface area contributed by atoms with E-state index in [9.17, 15) is 0 Å². The summed E-state index contributed by atoms with van der Waals surface area (Å²) in [7, 11) is 0. The fraction of sp³-hybridized carbons (Fsp3) is 0.0667. The molecule has 5 nitrogen and oxygen atoms in total. The van der Waals surface area contributed by atoms with Crippen LogP contribution in [0.3, 0.4) is 0 Å². The molecule has 0 aliphatic carbocycles. The highest BCUT2D eigenvalue weighted by Gasteiger charge is 2.26. The number of dihydropyridines is 1. The third-order valence-electron chi connectivity index (χ3n) is 10.1. The van der Waals surface area contributed by atoms with Gasteiger partial charge in [0.2, 0.25) is 0 Å². The van der Waals surface area contributed by atoms with Gasteiger partial charge >= 0.3 is 0 Å². The zero-order valence-corrected chi connectivity index (χ0v) is 27.3. The number of benzene rings is 6. The monoisotopic (exact) mass is 644 g/mol. The standard InChI is InChI=1S/C45H34N5/c1-4-15-30(16-5-1)38-29-39(31-17-6-2-7-18-31)48-45(47-38)37-23-14-26-42(46-37)50-41-25-13-11-22-34(41)36-28-27-35-33-21-10-12-24-40(33)49(43(35)44(36)50)32-19-8-3-9-20-32/h1-29,37-38,45-47H/q-1. The van der Waals surface area contributed by atoms with Crippen LogP contribution in [0.1, 0.15) is 17.2 Å². The largest absolute Gasteiger partial charge is 0.668 e. The quantitative estimate of drug-likeness (QED) is 0.196. The van der Waals surface area contributed by atoms with Crippen LogP contribution in [-0.2, 0) is 0 Å². The summed E-state index contributed by atoms with van der Waals surface area (Å²) in [5, 5.41) is 18.1. The van der Waals surface area contributed by atoms with Gasteiger partial charge < -0.3 is 20.5 Å². The molecule has 0 bridgehead atoms. The number of fused-ring (bicyclic) bond motifs is 7. The molecule has 5 heteroatoms. The number of para-hydroxylation sites is 3. The van der Waals surface area contributed by atoms with Crippen molar-refractivity contribution in [3.05, 3.63) is 192 Å². The van der Waals surface area contributed by atoms with Gasteiger partial charge in [-0.2, -0.15) is 0 Å². The summed E-state index contributed by atoms with van der Waals surface area (Å²) in [4.78, 5) is 0. The van der Waals surface area contributed by atoms with Crippen molar-refractivity contribution in [2.45, 2.75) is 18.2 Å². The summed E-state index contributed by atoms with van der Waals surface area (Å²) >= 11 is 0. The van der Waals surface area contributed by atoms with Crippen molar-refractivity contribution in [1.82, 2.24) is 19.8 Å². The lowest BCUT2D eigenvalue weighted by Gasteiger charge is -2.48. The molecular weight excluding hydrogens is 611 g/mol. The van der Waals surface area contributed by atoms with E-state index >= 15 is 0 Å². The molecule has 0 saturated heterocycles. The van der Waals surface area contributed by atoms with E-state index in [1.165, 1.54) is 43.7 Å². The number of hydrogen-bond donors (Lipinski definition) is 2. The fourth-order valence-corrected chi connectivity index (χ4v) is 7.89. The van der Waals surface area contributed by atoms with Crippen LogP contribution in [0.15, 0.2) is 176 Å². The second kappa shape index (κ2) is 11.7. The SMILES string of the molecule is C1=CC(C2[N-]C(c3ccccc3)=CC(c3ccccc3)N2)NC(n2c3ccccc3c3ccc4c5ccccc5n(-c5ccccc5)c4c32)=C1. The number of aromatic nitrogens is 2. The van der Waals surface area contributed by atoms with E-state index in [4.69, 9.17) is 5.32 Å². The van der Waals surface area contributed by atoms with Crippen LogP contribution in [0.2, 0.25) is 0 Å². The van der Waals surface area contributed by atoms with Gasteiger partial charge in [-0.3, -0.25) is 4.57 Å². The van der Waals surface area contributed by atoms with E-state index in [0.717, 1.165) is 28.3 Å². The Kier molecular flexibility index (Phi) is 6.71. The van der Waals surface area contributed by atoms with Crippen LogP contribution < -0.4 is 10.6 Å². The Morgan fingerprint density at radius 3 is 1.82 bits per heavy atom. The predicted molar refractivity (Wildman–Crippen MR) is 208 cm³/mol. The Labute approximate surface area is 290 Å². The summed E-state index contributed by atoms with van der Waals surface area (Å²) in [5.74, 6) is 1.02. The minimum absolute atomic E-state index is 0.0212. The Morgan fingerprint density at radius 1 is 0.540 bits per heavy atom. The molecule has 3 atom stereocenters. The smallest absolute Gasteiger partial charge is 0.111 e. The average molecular weight is 645 g/mol. The van der Waals surface area contributed by atoms with Crippen molar-refractivity contribution in [3.8, 4) is 5.69 Å². The lowest BCUT2D eigenvalue weighted by Crippen LogP contribution is -2.49. The number of rotatable bonds is 5. The third-order valence-corrected chi connectivity index (χ3v) is 10.1. The molecule has 8 aromatic rings. The molecule has 0 spiro atoms. The highest BCUT2D eigenvalue weighted by atomic mass is 15.3. The van der Waals surface area contributed by atoms with E-state index in [2.05, 4.69) is 196 Å². The van der Waals surface area contributed by atoms with Crippen molar-refractivity contribution in [1.29, 1.82) is 0 Å². The molecule has 10 rings (SSSR count).